The van der Waals surface area contributed by atoms with Crippen LogP contribution in [0.3, 0.4) is 0 Å². The minimum absolute atomic E-state index is 0.167. The molecule has 1 aliphatic carbocycles. The number of rotatable bonds is 2. The van der Waals surface area contributed by atoms with Crippen molar-refractivity contribution in [2.75, 3.05) is 0 Å². The highest BCUT2D eigenvalue weighted by Gasteiger charge is 2.50. The molecule has 0 aromatic heterocycles. The lowest BCUT2D eigenvalue weighted by atomic mass is 9.73. The van der Waals surface area contributed by atoms with E-state index in [1.165, 1.54) is 25.7 Å². The van der Waals surface area contributed by atoms with Crippen molar-refractivity contribution in [1.82, 2.24) is 0 Å². The molecular formula is C16H29BO2. The van der Waals surface area contributed by atoms with E-state index < -0.39 is 0 Å². The van der Waals surface area contributed by atoms with Gasteiger partial charge < -0.3 is 9.31 Å². The van der Waals surface area contributed by atoms with Gasteiger partial charge in [-0.05, 0) is 58.8 Å². The first-order valence-electron chi connectivity index (χ1n) is 7.79. The summed E-state index contributed by atoms with van der Waals surface area (Å²) < 4.78 is 12.2. The van der Waals surface area contributed by atoms with Gasteiger partial charge in [-0.3, -0.25) is 0 Å². The first-order valence-corrected chi connectivity index (χ1v) is 7.79. The molecule has 3 heteroatoms. The van der Waals surface area contributed by atoms with Crippen LogP contribution in [0.25, 0.3) is 0 Å². The highest BCUT2D eigenvalue weighted by molar-refractivity contribution is 6.51. The molecule has 19 heavy (non-hydrogen) atoms. The molecule has 1 saturated carbocycles. The average Bonchev–Trinajstić information content (AvgIpc) is 2.47. The van der Waals surface area contributed by atoms with Crippen LogP contribution in [0.5, 0.6) is 0 Å². The molecule has 2 fully saturated rings. The Morgan fingerprint density at radius 2 is 1.68 bits per heavy atom. The lowest BCUT2D eigenvalue weighted by Gasteiger charge is -2.32. The third-order valence-electron chi connectivity index (χ3n) is 5.13. The van der Waals surface area contributed by atoms with Gasteiger partial charge in [0.15, 0.2) is 0 Å². The van der Waals surface area contributed by atoms with Gasteiger partial charge in [-0.25, -0.2) is 0 Å². The monoisotopic (exact) mass is 264 g/mol. The second kappa shape index (κ2) is 5.25. The van der Waals surface area contributed by atoms with Crippen LogP contribution >= 0.6 is 0 Å². The van der Waals surface area contributed by atoms with E-state index in [4.69, 9.17) is 9.31 Å². The van der Waals surface area contributed by atoms with Crippen molar-refractivity contribution < 1.29 is 9.31 Å². The van der Waals surface area contributed by atoms with Crippen LogP contribution in [0, 0.1) is 11.8 Å². The van der Waals surface area contributed by atoms with Gasteiger partial charge in [0.25, 0.3) is 0 Å². The number of hydrogen-bond donors (Lipinski definition) is 0. The summed E-state index contributed by atoms with van der Waals surface area (Å²) in [4.78, 5) is 0. The maximum absolute atomic E-state index is 6.10. The Morgan fingerprint density at radius 3 is 2.21 bits per heavy atom. The summed E-state index contributed by atoms with van der Waals surface area (Å²) in [6.07, 6.45) is 5.22. The van der Waals surface area contributed by atoms with Crippen molar-refractivity contribution in [3.05, 3.63) is 11.5 Å². The Morgan fingerprint density at radius 1 is 1.11 bits per heavy atom. The molecule has 0 aromatic rings. The molecule has 0 amide bonds. The van der Waals surface area contributed by atoms with E-state index in [1.54, 1.807) is 5.57 Å². The van der Waals surface area contributed by atoms with E-state index in [-0.39, 0.29) is 18.3 Å². The van der Waals surface area contributed by atoms with E-state index in [2.05, 4.69) is 47.5 Å². The molecule has 0 N–H and O–H groups in total. The first-order chi connectivity index (χ1) is 8.73. The van der Waals surface area contributed by atoms with Crippen molar-refractivity contribution in [2.45, 2.75) is 78.4 Å². The quantitative estimate of drug-likeness (QED) is 0.688. The molecule has 108 valence electrons. The lowest BCUT2D eigenvalue weighted by Crippen LogP contribution is -2.41. The summed E-state index contributed by atoms with van der Waals surface area (Å²) in [7, 11) is -0.167. The largest absolute Gasteiger partial charge is 0.487 e. The summed E-state index contributed by atoms with van der Waals surface area (Å²) in [6, 6.07) is 0. The van der Waals surface area contributed by atoms with Crippen LogP contribution in [-0.4, -0.2) is 18.3 Å². The van der Waals surface area contributed by atoms with E-state index in [1.807, 2.05) is 0 Å². The van der Waals surface area contributed by atoms with Gasteiger partial charge in [0.2, 0.25) is 0 Å². The summed E-state index contributed by atoms with van der Waals surface area (Å²) in [5.74, 6) is 3.70. The molecule has 1 unspecified atom stereocenters. The fourth-order valence-corrected chi connectivity index (χ4v) is 3.16. The molecule has 2 aliphatic rings. The van der Waals surface area contributed by atoms with Crippen molar-refractivity contribution in [3.8, 4) is 0 Å². The summed E-state index contributed by atoms with van der Waals surface area (Å²) >= 11 is 0. The summed E-state index contributed by atoms with van der Waals surface area (Å²) in [6.45, 7) is 13.1. The maximum Gasteiger partial charge on any atom is 0.487 e. The van der Waals surface area contributed by atoms with Crippen LogP contribution in [0.2, 0.25) is 0 Å². The molecule has 1 saturated heterocycles. The molecular weight excluding hydrogens is 235 g/mol. The van der Waals surface area contributed by atoms with Crippen LogP contribution < -0.4 is 0 Å². The van der Waals surface area contributed by atoms with Gasteiger partial charge >= 0.3 is 7.12 Å². The standard InChI is InChI=1S/C16H29BO2/c1-12(2)14-10-8-7-9-13(14)11-17-18-15(3,4)16(5,6)19-17/h11-12,14H,7-10H2,1-6H3/b13-11+. The third-order valence-corrected chi connectivity index (χ3v) is 5.13. The predicted molar refractivity (Wildman–Crippen MR) is 81.0 cm³/mol. The Kier molecular flexibility index (Phi) is 4.18. The molecule has 2 rings (SSSR count). The van der Waals surface area contributed by atoms with Crippen LogP contribution in [0.1, 0.15) is 67.2 Å². The van der Waals surface area contributed by atoms with Crippen LogP contribution in [0.4, 0.5) is 0 Å². The predicted octanol–water partition coefficient (Wildman–Crippen LogP) is 4.39. The van der Waals surface area contributed by atoms with Crippen molar-refractivity contribution in [2.24, 2.45) is 11.8 Å². The van der Waals surface area contributed by atoms with Gasteiger partial charge in [0.1, 0.15) is 0 Å². The highest BCUT2D eigenvalue weighted by atomic mass is 16.7. The number of hydrogen-bond acceptors (Lipinski definition) is 2. The van der Waals surface area contributed by atoms with Gasteiger partial charge in [-0.2, -0.15) is 0 Å². The molecule has 0 aromatic carbocycles. The van der Waals surface area contributed by atoms with E-state index >= 15 is 0 Å². The fourth-order valence-electron chi connectivity index (χ4n) is 3.16. The molecule has 0 radical (unpaired) electrons. The molecule has 1 heterocycles. The van der Waals surface area contributed by atoms with Gasteiger partial charge in [0.05, 0.1) is 11.2 Å². The van der Waals surface area contributed by atoms with E-state index in [0.717, 1.165) is 0 Å². The van der Waals surface area contributed by atoms with Crippen molar-refractivity contribution in [3.63, 3.8) is 0 Å². The minimum atomic E-state index is -0.225. The Hall–Kier alpha value is -0.275. The topological polar surface area (TPSA) is 18.5 Å². The van der Waals surface area contributed by atoms with E-state index in [0.29, 0.717) is 11.8 Å². The van der Waals surface area contributed by atoms with Gasteiger partial charge in [-0.15, -0.1) is 0 Å². The van der Waals surface area contributed by atoms with Crippen molar-refractivity contribution >= 4 is 7.12 Å². The summed E-state index contributed by atoms with van der Waals surface area (Å²) in [5.41, 5.74) is 1.10. The van der Waals surface area contributed by atoms with Gasteiger partial charge in [-0.1, -0.05) is 31.8 Å². The zero-order valence-corrected chi connectivity index (χ0v) is 13.5. The Labute approximate surface area is 119 Å². The Balaban J connectivity index is 2.13. The maximum atomic E-state index is 6.10. The first kappa shape index (κ1) is 15.1. The fraction of sp³-hybridized carbons (Fsp3) is 0.875. The highest BCUT2D eigenvalue weighted by Crippen LogP contribution is 2.39. The third kappa shape index (κ3) is 3.08. The SMILES string of the molecule is CC(C)C1CCCC/C1=C\B1OC(C)(C)C(C)(C)O1. The molecule has 0 bridgehead atoms. The number of allylic oxidation sites excluding steroid dienone is 1. The smallest absolute Gasteiger partial charge is 0.400 e. The van der Waals surface area contributed by atoms with Crippen LogP contribution in [0.15, 0.2) is 11.5 Å². The average molecular weight is 264 g/mol. The van der Waals surface area contributed by atoms with Gasteiger partial charge in [0, 0.05) is 0 Å². The zero-order valence-electron chi connectivity index (χ0n) is 13.5. The second-order valence-electron chi connectivity index (χ2n) is 7.46. The van der Waals surface area contributed by atoms with E-state index in [9.17, 15) is 0 Å². The Bertz CT molecular complexity index is 342. The zero-order chi connectivity index (χ0) is 14.3. The molecule has 1 aliphatic heterocycles. The van der Waals surface area contributed by atoms with Crippen LogP contribution in [-0.2, 0) is 9.31 Å². The minimum Gasteiger partial charge on any atom is -0.400 e. The second-order valence-corrected chi connectivity index (χ2v) is 7.46. The molecule has 0 spiro atoms. The normalized spacial score (nSPS) is 32.3. The summed E-state index contributed by atoms with van der Waals surface area (Å²) in [5, 5.41) is 0. The lowest BCUT2D eigenvalue weighted by molar-refractivity contribution is 0.00578. The molecule has 2 nitrogen and oxygen atoms in total. The van der Waals surface area contributed by atoms with Crippen molar-refractivity contribution in [1.29, 1.82) is 0 Å². The molecule has 1 atom stereocenters.